The molecule has 2 heterocycles. The highest BCUT2D eigenvalue weighted by Crippen LogP contribution is 2.29. The standard InChI is InChI=1S/C19H19N3O2S3/c1-19(2,3)13-8-6-12(7-9-13)15(23)16(24)20-17-21-22-18(27-17)26-11-14-5-4-10-25-14/h4-10H,11H2,1-3H3,(H,20,21,24). The largest absolute Gasteiger partial charge is 0.298 e. The summed E-state index contributed by atoms with van der Waals surface area (Å²) in [5.74, 6) is -0.484. The van der Waals surface area contributed by atoms with Gasteiger partial charge in [-0.1, -0.05) is 74.2 Å². The van der Waals surface area contributed by atoms with Crippen LogP contribution in [0, 0.1) is 0 Å². The minimum absolute atomic E-state index is 0.00637. The zero-order valence-electron chi connectivity index (χ0n) is 15.2. The van der Waals surface area contributed by atoms with Crippen LogP contribution in [0.5, 0.6) is 0 Å². The molecule has 140 valence electrons. The van der Waals surface area contributed by atoms with E-state index in [0.717, 1.165) is 15.7 Å². The van der Waals surface area contributed by atoms with Crippen molar-refractivity contribution < 1.29 is 9.59 Å². The number of ketones is 1. The predicted octanol–water partition coefficient (Wildman–Crippen LogP) is 5.01. The molecule has 0 bridgehead atoms. The molecule has 5 nitrogen and oxygen atoms in total. The molecule has 27 heavy (non-hydrogen) atoms. The number of nitrogens with zero attached hydrogens (tertiary/aromatic N) is 2. The Morgan fingerprint density at radius 2 is 1.85 bits per heavy atom. The number of carbonyl (C=O) groups is 2. The van der Waals surface area contributed by atoms with Crippen LogP contribution in [0.25, 0.3) is 0 Å². The lowest BCUT2D eigenvalue weighted by molar-refractivity contribution is -0.112. The number of hydrogen-bond donors (Lipinski definition) is 1. The summed E-state index contributed by atoms with van der Waals surface area (Å²) in [6, 6.07) is 11.2. The number of hydrogen-bond acceptors (Lipinski definition) is 7. The summed E-state index contributed by atoms with van der Waals surface area (Å²) in [6.07, 6.45) is 0. The molecule has 0 aliphatic rings. The summed E-state index contributed by atoms with van der Waals surface area (Å²) in [4.78, 5) is 25.8. The second-order valence-corrected chi connectivity index (χ2v) is 10.1. The summed E-state index contributed by atoms with van der Waals surface area (Å²) in [7, 11) is 0. The van der Waals surface area contributed by atoms with E-state index in [4.69, 9.17) is 0 Å². The van der Waals surface area contributed by atoms with Gasteiger partial charge in [-0.05, 0) is 22.4 Å². The third-order valence-electron chi connectivity index (χ3n) is 3.76. The smallest absolute Gasteiger partial charge is 0.293 e. The van der Waals surface area contributed by atoms with Crippen LogP contribution in [0.1, 0.15) is 41.6 Å². The summed E-state index contributed by atoms with van der Waals surface area (Å²) in [6.45, 7) is 6.29. The van der Waals surface area contributed by atoms with Crippen molar-refractivity contribution in [2.75, 3.05) is 5.32 Å². The van der Waals surface area contributed by atoms with Gasteiger partial charge >= 0.3 is 0 Å². The van der Waals surface area contributed by atoms with Crippen molar-refractivity contribution >= 4 is 51.3 Å². The maximum Gasteiger partial charge on any atom is 0.298 e. The first-order chi connectivity index (χ1) is 12.8. The molecule has 8 heteroatoms. The monoisotopic (exact) mass is 417 g/mol. The third-order valence-corrected chi connectivity index (χ3v) is 6.84. The number of rotatable bonds is 6. The van der Waals surface area contributed by atoms with E-state index < -0.39 is 11.7 Å². The highest BCUT2D eigenvalue weighted by molar-refractivity contribution is 8.00. The van der Waals surface area contributed by atoms with Gasteiger partial charge in [0.2, 0.25) is 5.13 Å². The van der Waals surface area contributed by atoms with Crippen molar-refractivity contribution in [2.24, 2.45) is 0 Å². The second-order valence-electron chi connectivity index (χ2n) is 6.85. The van der Waals surface area contributed by atoms with Gasteiger partial charge in [-0.3, -0.25) is 14.9 Å². The molecule has 0 atom stereocenters. The van der Waals surface area contributed by atoms with E-state index in [-0.39, 0.29) is 5.41 Å². The molecule has 0 saturated carbocycles. The first kappa shape index (κ1) is 19.7. The number of carbonyl (C=O) groups excluding carboxylic acids is 2. The number of amides is 1. The van der Waals surface area contributed by atoms with Gasteiger partial charge in [-0.2, -0.15) is 0 Å². The first-order valence-corrected chi connectivity index (χ1v) is 11.0. The summed E-state index contributed by atoms with van der Waals surface area (Å²) < 4.78 is 0.751. The highest BCUT2D eigenvalue weighted by Gasteiger charge is 2.20. The zero-order chi connectivity index (χ0) is 19.4. The molecule has 0 aliphatic carbocycles. The summed E-state index contributed by atoms with van der Waals surface area (Å²) >= 11 is 4.50. The Kier molecular flexibility index (Phi) is 6.08. The molecule has 1 amide bonds. The Morgan fingerprint density at radius 3 is 2.48 bits per heavy atom. The molecule has 0 radical (unpaired) electrons. The van der Waals surface area contributed by atoms with Crippen LogP contribution in [0.2, 0.25) is 0 Å². The fraction of sp³-hybridized carbons (Fsp3) is 0.263. The van der Waals surface area contributed by atoms with E-state index >= 15 is 0 Å². The van der Waals surface area contributed by atoms with Crippen molar-refractivity contribution in [1.29, 1.82) is 0 Å². The lowest BCUT2D eigenvalue weighted by Gasteiger charge is -2.18. The van der Waals surface area contributed by atoms with Crippen LogP contribution < -0.4 is 5.32 Å². The SMILES string of the molecule is CC(C)(C)c1ccc(C(=O)C(=O)Nc2nnc(SCc3cccs3)s2)cc1. The quantitative estimate of drug-likeness (QED) is 0.264. The Morgan fingerprint density at radius 1 is 1.11 bits per heavy atom. The van der Waals surface area contributed by atoms with Crippen molar-refractivity contribution in [3.63, 3.8) is 0 Å². The zero-order valence-corrected chi connectivity index (χ0v) is 17.6. The number of anilines is 1. The fourth-order valence-electron chi connectivity index (χ4n) is 2.25. The molecule has 2 aromatic heterocycles. The molecule has 1 N–H and O–H groups in total. The lowest BCUT2D eigenvalue weighted by Crippen LogP contribution is -2.23. The maximum absolute atomic E-state index is 12.3. The fourth-order valence-corrected chi connectivity index (χ4v) is 4.77. The topological polar surface area (TPSA) is 72.0 Å². The van der Waals surface area contributed by atoms with E-state index in [2.05, 4.69) is 42.4 Å². The number of aromatic nitrogens is 2. The molecular weight excluding hydrogens is 398 g/mol. The van der Waals surface area contributed by atoms with Gasteiger partial charge in [0.25, 0.3) is 11.7 Å². The molecule has 0 spiro atoms. The average molecular weight is 418 g/mol. The van der Waals surface area contributed by atoms with Crippen LogP contribution in [-0.4, -0.2) is 21.9 Å². The van der Waals surface area contributed by atoms with E-state index in [1.54, 1.807) is 35.2 Å². The second kappa shape index (κ2) is 8.33. The summed E-state index contributed by atoms with van der Waals surface area (Å²) in [5.41, 5.74) is 1.46. The van der Waals surface area contributed by atoms with Gasteiger partial charge in [-0.25, -0.2) is 0 Å². The van der Waals surface area contributed by atoms with Crippen molar-refractivity contribution in [3.05, 3.63) is 57.8 Å². The first-order valence-electron chi connectivity index (χ1n) is 8.28. The van der Waals surface area contributed by atoms with Gasteiger partial charge < -0.3 is 0 Å². The van der Waals surface area contributed by atoms with Crippen molar-refractivity contribution in [3.8, 4) is 0 Å². The molecular formula is C19H19N3O2S3. The minimum atomic E-state index is -0.704. The normalized spacial score (nSPS) is 11.4. The van der Waals surface area contributed by atoms with Crippen LogP contribution in [0.4, 0.5) is 5.13 Å². The van der Waals surface area contributed by atoms with E-state index in [0.29, 0.717) is 10.7 Å². The Balaban J connectivity index is 1.59. The molecule has 3 aromatic rings. The Labute approximate surface area is 170 Å². The van der Waals surface area contributed by atoms with Crippen LogP contribution in [0.15, 0.2) is 46.1 Å². The van der Waals surface area contributed by atoms with Crippen LogP contribution >= 0.6 is 34.4 Å². The third kappa shape index (κ3) is 5.24. The Hall–Kier alpha value is -2.03. The molecule has 3 rings (SSSR count). The van der Waals surface area contributed by atoms with Gasteiger partial charge in [-0.15, -0.1) is 21.5 Å². The number of benzene rings is 1. The van der Waals surface area contributed by atoms with E-state index in [1.165, 1.54) is 16.2 Å². The molecule has 0 saturated heterocycles. The minimum Gasteiger partial charge on any atom is -0.293 e. The summed E-state index contributed by atoms with van der Waals surface area (Å²) in [5, 5.41) is 12.9. The van der Waals surface area contributed by atoms with Gasteiger partial charge in [0.15, 0.2) is 4.34 Å². The van der Waals surface area contributed by atoms with Gasteiger partial charge in [0, 0.05) is 16.2 Å². The maximum atomic E-state index is 12.3. The number of thioether (sulfide) groups is 1. The van der Waals surface area contributed by atoms with Crippen molar-refractivity contribution in [1.82, 2.24) is 10.2 Å². The Bertz CT molecular complexity index is 926. The number of thiophene rings is 1. The molecule has 0 unspecified atom stereocenters. The number of nitrogens with one attached hydrogen (secondary N) is 1. The van der Waals surface area contributed by atoms with E-state index in [9.17, 15) is 9.59 Å². The van der Waals surface area contributed by atoms with Gasteiger partial charge in [0.1, 0.15) is 0 Å². The van der Waals surface area contributed by atoms with Crippen LogP contribution in [0.3, 0.4) is 0 Å². The molecule has 1 aromatic carbocycles. The average Bonchev–Trinajstić information content (AvgIpc) is 3.30. The van der Waals surface area contributed by atoms with E-state index in [1.807, 2.05) is 23.6 Å². The highest BCUT2D eigenvalue weighted by atomic mass is 32.2. The van der Waals surface area contributed by atoms with Crippen molar-refractivity contribution in [2.45, 2.75) is 36.3 Å². The number of Topliss-reactive ketones (excluding diaryl/α,β-unsaturated/α-hetero) is 1. The molecule has 0 fully saturated rings. The van der Waals surface area contributed by atoms with Gasteiger partial charge in [0.05, 0.1) is 0 Å². The lowest BCUT2D eigenvalue weighted by atomic mass is 9.86. The van der Waals surface area contributed by atoms with Crippen LogP contribution in [-0.2, 0) is 16.0 Å². The molecule has 0 aliphatic heterocycles. The predicted molar refractivity (Wildman–Crippen MR) is 112 cm³/mol.